The molecular weight excluding hydrogens is 488 g/mol. The summed E-state index contributed by atoms with van der Waals surface area (Å²) < 4.78 is 13.7. The van der Waals surface area contributed by atoms with E-state index in [1.165, 1.54) is 28.0 Å². The number of rotatable bonds is 6. The van der Waals surface area contributed by atoms with Gasteiger partial charge in [-0.1, -0.05) is 60.4 Å². The van der Waals surface area contributed by atoms with Crippen LogP contribution in [0.4, 0.5) is 0 Å². The summed E-state index contributed by atoms with van der Waals surface area (Å²) >= 11 is 3.12. The van der Waals surface area contributed by atoms with Gasteiger partial charge in [-0.25, -0.2) is 4.99 Å². The van der Waals surface area contributed by atoms with Gasteiger partial charge in [0.25, 0.3) is 5.56 Å². The van der Waals surface area contributed by atoms with E-state index in [0.29, 0.717) is 22.6 Å². The SMILES string of the molecule is C=CCOc1ccc(C=c2sc3n(c2=O)C(c2cccs2)C2=C(N=3)c3ccccc3CC2)cc1OC. The zero-order valence-corrected chi connectivity index (χ0v) is 21.4. The molecule has 0 radical (unpaired) electrons. The summed E-state index contributed by atoms with van der Waals surface area (Å²) in [7, 11) is 1.61. The van der Waals surface area contributed by atoms with Crippen molar-refractivity contribution in [2.24, 2.45) is 4.99 Å². The standard InChI is InChI=1S/C29H24N2O3S2/c1-3-14-34-22-13-10-18(16-23(22)33-2)17-25-28(32)31-27(24-9-6-15-35-24)21-12-11-19-7-4-5-8-20(19)26(21)30-29(31)36-25/h3-10,13,15-17,27H,1,11-12,14H2,2H3. The van der Waals surface area contributed by atoms with Crippen molar-refractivity contribution in [3.63, 3.8) is 0 Å². The summed E-state index contributed by atoms with van der Waals surface area (Å²) in [5.74, 6) is 1.25. The molecule has 7 heteroatoms. The van der Waals surface area contributed by atoms with Crippen LogP contribution in [-0.2, 0) is 6.42 Å². The molecule has 0 bridgehead atoms. The van der Waals surface area contributed by atoms with Crippen LogP contribution in [-0.4, -0.2) is 18.3 Å². The molecule has 2 aromatic carbocycles. The molecule has 0 saturated heterocycles. The maximum Gasteiger partial charge on any atom is 0.271 e. The van der Waals surface area contributed by atoms with Gasteiger partial charge in [-0.05, 0) is 59.2 Å². The van der Waals surface area contributed by atoms with E-state index >= 15 is 0 Å². The number of fused-ring (bicyclic) bond motifs is 3. The van der Waals surface area contributed by atoms with E-state index in [4.69, 9.17) is 14.5 Å². The van der Waals surface area contributed by atoms with E-state index in [0.717, 1.165) is 33.8 Å². The summed E-state index contributed by atoms with van der Waals surface area (Å²) in [6.07, 6.45) is 5.45. The number of nitrogens with zero attached hydrogens (tertiary/aromatic N) is 2. The highest BCUT2D eigenvalue weighted by atomic mass is 32.1. The average Bonchev–Trinajstić information content (AvgIpc) is 3.55. The molecule has 3 heterocycles. The third kappa shape index (κ3) is 3.85. The average molecular weight is 513 g/mol. The molecule has 1 aliphatic heterocycles. The van der Waals surface area contributed by atoms with E-state index in [1.807, 2.05) is 28.8 Å². The molecule has 2 aromatic heterocycles. The highest BCUT2D eigenvalue weighted by Gasteiger charge is 2.32. The van der Waals surface area contributed by atoms with Crippen molar-refractivity contribution in [2.75, 3.05) is 13.7 Å². The number of allylic oxidation sites excluding steroid dienone is 1. The molecule has 2 aliphatic rings. The molecule has 1 atom stereocenters. The first-order valence-electron chi connectivity index (χ1n) is 11.8. The minimum atomic E-state index is -0.129. The van der Waals surface area contributed by atoms with Gasteiger partial charge in [0, 0.05) is 10.4 Å². The molecule has 0 amide bonds. The van der Waals surface area contributed by atoms with Crippen molar-refractivity contribution in [3.05, 3.63) is 119 Å². The van der Waals surface area contributed by atoms with Gasteiger partial charge in [-0.15, -0.1) is 11.3 Å². The van der Waals surface area contributed by atoms with Gasteiger partial charge in [0.05, 0.1) is 23.4 Å². The van der Waals surface area contributed by atoms with Crippen molar-refractivity contribution in [3.8, 4) is 11.5 Å². The van der Waals surface area contributed by atoms with Crippen LogP contribution in [0, 0.1) is 0 Å². The maximum atomic E-state index is 13.8. The maximum absolute atomic E-state index is 13.8. The van der Waals surface area contributed by atoms with Crippen LogP contribution < -0.4 is 24.4 Å². The highest BCUT2D eigenvalue weighted by Crippen LogP contribution is 2.42. The Hall–Kier alpha value is -3.68. The van der Waals surface area contributed by atoms with Crippen molar-refractivity contribution >= 4 is 34.4 Å². The number of hydrogen-bond acceptors (Lipinski definition) is 6. The van der Waals surface area contributed by atoms with Gasteiger partial charge in [-0.3, -0.25) is 9.36 Å². The third-order valence-electron chi connectivity index (χ3n) is 6.53. The summed E-state index contributed by atoms with van der Waals surface area (Å²) in [5.41, 5.74) is 5.58. The number of methoxy groups -OCH3 is 1. The van der Waals surface area contributed by atoms with Crippen LogP contribution in [0.1, 0.15) is 34.0 Å². The number of hydrogen-bond donors (Lipinski definition) is 0. The van der Waals surface area contributed by atoms with Crippen molar-refractivity contribution in [1.29, 1.82) is 0 Å². The Morgan fingerprint density at radius 1 is 1.14 bits per heavy atom. The van der Waals surface area contributed by atoms with Crippen LogP contribution in [0.25, 0.3) is 11.8 Å². The second-order valence-corrected chi connectivity index (χ2v) is 10.6. The van der Waals surface area contributed by atoms with Gasteiger partial charge >= 0.3 is 0 Å². The fraction of sp³-hybridized carbons (Fsp3) is 0.172. The molecule has 0 fully saturated rings. The van der Waals surface area contributed by atoms with Gasteiger partial charge in [0.1, 0.15) is 6.61 Å². The summed E-state index contributed by atoms with van der Waals surface area (Å²) in [5, 5.41) is 2.07. The van der Waals surface area contributed by atoms with E-state index in [2.05, 4.69) is 48.4 Å². The number of thiazole rings is 1. The fourth-order valence-corrected chi connectivity index (χ4v) is 6.76. The summed E-state index contributed by atoms with van der Waals surface area (Å²) in [6, 6.07) is 18.2. The summed E-state index contributed by atoms with van der Waals surface area (Å²) in [4.78, 5) is 20.8. The Morgan fingerprint density at radius 3 is 2.83 bits per heavy atom. The lowest BCUT2D eigenvalue weighted by Gasteiger charge is -2.30. The van der Waals surface area contributed by atoms with Crippen LogP contribution >= 0.6 is 22.7 Å². The van der Waals surface area contributed by atoms with Gasteiger partial charge in [0.2, 0.25) is 0 Å². The zero-order valence-electron chi connectivity index (χ0n) is 19.8. The smallest absolute Gasteiger partial charge is 0.271 e. The van der Waals surface area contributed by atoms with Crippen LogP contribution in [0.5, 0.6) is 11.5 Å². The first-order valence-corrected chi connectivity index (χ1v) is 13.5. The number of thiophene rings is 1. The van der Waals surface area contributed by atoms with E-state index < -0.39 is 0 Å². The lowest BCUT2D eigenvalue weighted by atomic mass is 9.85. The first-order chi connectivity index (χ1) is 17.7. The Labute approximate surface area is 216 Å². The topological polar surface area (TPSA) is 52.8 Å². The lowest BCUT2D eigenvalue weighted by Crippen LogP contribution is -2.38. The molecule has 6 rings (SSSR count). The minimum absolute atomic E-state index is 0.0199. The monoisotopic (exact) mass is 512 g/mol. The largest absolute Gasteiger partial charge is 0.493 e. The predicted molar refractivity (Wildman–Crippen MR) is 146 cm³/mol. The zero-order chi connectivity index (χ0) is 24.6. The Balaban J connectivity index is 1.52. The van der Waals surface area contributed by atoms with Crippen molar-refractivity contribution in [2.45, 2.75) is 18.9 Å². The van der Waals surface area contributed by atoms with Crippen LogP contribution in [0.2, 0.25) is 0 Å². The lowest BCUT2D eigenvalue weighted by molar-refractivity contribution is 0.326. The van der Waals surface area contributed by atoms with Crippen molar-refractivity contribution < 1.29 is 9.47 Å². The second kappa shape index (κ2) is 9.41. The molecule has 0 saturated carbocycles. The number of ether oxygens (including phenoxy) is 2. The fourth-order valence-electron chi connectivity index (χ4n) is 4.91. The van der Waals surface area contributed by atoms with Gasteiger partial charge < -0.3 is 9.47 Å². The van der Waals surface area contributed by atoms with Crippen LogP contribution in [0.15, 0.2) is 88.0 Å². The predicted octanol–water partition coefficient (Wildman–Crippen LogP) is 4.95. The molecule has 0 spiro atoms. The van der Waals surface area contributed by atoms with Crippen LogP contribution in [0.3, 0.4) is 0 Å². The normalized spacial score (nSPS) is 16.6. The molecule has 5 nitrogen and oxygen atoms in total. The Bertz CT molecular complexity index is 1680. The minimum Gasteiger partial charge on any atom is -0.493 e. The Morgan fingerprint density at radius 2 is 2.03 bits per heavy atom. The van der Waals surface area contributed by atoms with Crippen molar-refractivity contribution in [1.82, 2.24) is 4.57 Å². The van der Waals surface area contributed by atoms with Gasteiger partial charge in [0.15, 0.2) is 16.3 Å². The van der Waals surface area contributed by atoms with E-state index in [9.17, 15) is 4.79 Å². The molecule has 180 valence electrons. The summed E-state index contributed by atoms with van der Waals surface area (Å²) in [6.45, 7) is 4.08. The number of aromatic nitrogens is 1. The van der Waals surface area contributed by atoms with Gasteiger partial charge in [-0.2, -0.15) is 0 Å². The number of aryl methyl sites for hydroxylation is 1. The molecular formula is C29H24N2O3S2. The second-order valence-electron chi connectivity index (χ2n) is 8.64. The molecule has 1 unspecified atom stereocenters. The molecule has 1 aliphatic carbocycles. The highest BCUT2D eigenvalue weighted by molar-refractivity contribution is 7.10. The molecule has 0 N–H and O–H groups in total. The molecule has 36 heavy (non-hydrogen) atoms. The van der Waals surface area contributed by atoms with E-state index in [1.54, 1.807) is 24.5 Å². The first kappa shape index (κ1) is 22.8. The molecule has 4 aromatic rings. The Kier molecular flexibility index (Phi) is 5.95. The quantitative estimate of drug-likeness (QED) is 0.344. The van der Waals surface area contributed by atoms with E-state index in [-0.39, 0.29) is 11.6 Å². The third-order valence-corrected chi connectivity index (χ3v) is 8.44. The number of benzene rings is 2.